The second-order valence-electron chi connectivity index (χ2n) is 4.64. The molecule has 98 valence electrons. The third-order valence-electron chi connectivity index (χ3n) is 3.37. The van der Waals surface area contributed by atoms with Crippen molar-refractivity contribution in [2.45, 2.75) is 18.9 Å². The molecule has 1 saturated heterocycles. The fourth-order valence-corrected chi connectivity index (χ4v) is 2.42. The molecule has 2 atom stereocenters. The SMILES string of the molecule is COC(=O)C1CC(Cc2cccc(OC)c2)CN1. The minimum absolute atomic E-state index is 0.148. The van der Waals surface area contributed by atoms with Crippen LogP contribution in [0.25, 0.3) is 0 Å². The number of methoxy groups -OCH3 is 2. The van der Waals surface area contributed by atoms with Gasteiger partial charge in [0.2, 0.25) is 0 Å². The molecule has 1 aromatic rings. The van der Waals surface area contributed by atoms with Crippen molar-refractivity contribution in [3.05, 3.63) is 29.8 Å². The Kier molecular flexibility index (Phi) is 4.20. The lowest BCUT2D eigenvalue weighted by atomic mass is 9.96. The van der Waals surface area contributed by atoms with Crippen LogP contribution in [0.4, 0.5) is 0 Å². The quantitative estimate of drug-likeness (QED) is 0.819. The molecule has 4 heteroatoms. The van der Waals surface area contributed by atoms with Crippen LogP contribution in [-0.2, 0) is 16.0 Å². The summed E-state index contributed by atoms with van der Waals surface area (Å²) in [5, 5.41) is 3.20. The van der Waals surface area contributed by atoms with Crippen LogP contribution in [0.5, 0.6) is 5.75 Å². The normalized spacial score (nSPS) is 22.8. The molecule has 0 amide bonds. The zero-order valence-electron chi connectivity index (χ0n) is 10.8. The van der Waals surface area contributed by atoms with Crippen molar-refractivity contribution in [1.82, 2.24) is 5.32 Å². The van der Waals surface area contributed by atoms with Crippen LogP contribution in [-0.4, -0.2) is 32.8 Å². The number of rotatable bonds is 4. The number of hydrogen-bond acceptors (Lipinski definition) is 4. The van der Waals surface area contributed by atoms with Gasteiger partial charge in [0.25, 0.3) is 0 Å². The average Bonchev–Trinajstić information content (AvgIpc) is 2.86. The molecule has 2 unspecified atom stereocenters. The molecule has 4 nitrogen and oxygen atoms in total. The van der Waals surface area contributed by atoms with Crippen LogP contribution in [0, 0.1) is 5.92 Å². The van der Waals surface area contributed by atoms with E-state index in [4.69, 9.17) is 9.47 Å². The summed E-state index contributed by atoms with van der Waals surface area (Å²) in [5.74, 6) is 1.19. The lowest BCUT2D eigenvalue weighted by Crippen LogP contribution is -2.31. The van der Waals surface area contributed by atoms with Gasteiger partial charge in [0, 0.05) is 0 Å². The van der Waals surface area contributed by atoms with E-state index in [1.807, 2.05) is 18.2 Å². The number of benzene rings is 1. The van der Waals surface area contributed by atoms with Gasteiger partial charge in [-0.15, -0.1) is 0 Å². The molecule has 1 N–H and O–H groups in total. The van der Waals surface area contributed by atoms with E-state index in [0.717, 1.165) is 25.1 Å². The van der Waals surface area contributed by atoms with Crippen molar-refractivity contribution in [3.63, 3.8) is 0 Å². The summed E-state index contributed by atoms with van der Waals surface area (Å²) in [6, 6.07) is 7.92. The van der Waals surface area contributed by atoms with Gasteiger partial charge < -0.3 is 14.8 Å². The highest BCUT2D eigenvalue weighted by Gasteiger charge is 2.29. The first-order valence-electron chi connectivity index (χ1n) is 6.17. The highest BCUT2D eigenvalue weighted by molar-refractivity contribution is 5.76. The molecule has 0 saturated carbocycles. The zero-order valence-corrected chi connectivity index (χ0v) is 10.8. The Morgan fingerprint density at radius 2 is 2.28 bits per heavy atom. The van der Waals surface area contributed by atoms with E-state index in [-0.39, 0.29) is 12.0 Å². The number of carbonyl (C=O) groups is 1. The Morgan fingerprint density at radius 1 is 1.44 bits per heavy atom. The van der Waals surface area contributed by atoms with Gasteiger partial charge in [-0.2, -0.15) is 0 Å². The number of ether oxygens (including phenoxy) is 2. The summed E-state index contributed by atoms with van der Waals surface area (Å²) >= 11 is 0. The Morgan fingerprint density at radius 3 is 3.00 bits per heavy atom. The monoisotopic (exact) mass is 249 g/mol. The Balaban J connectivity index is 1.92. The molecular formula is C14H19NO3. The number of esters is 1. The molecule has 1 aliphatic heterocycles. The zero-order chi connectivity index (χ0) is 13.0. The Hall–Kier alpha value is -1.55. The van der Waals surface area contributed by atoms with Crippen LogP contribution in [0.1, 0.15) is 12.0 Å². The fraction of sp³-hybridized carbons (Fsp3) is 0.500. The first-order chi connectivity index (χ1) is 8.72. The van der Waals surface area contributed by atoms with Gasteiger partial charge in [-0.1, -0.05) is 12.1 Å². The van der Waals surface area contributed by atoms with Gasteiger partial charge in [0.05, 0.1) is 14.2 Å². The van der Waals surface area contributed by atoms with Crippen molar-refractivity contribution in [2.75, 3.05) is 20.8 Å². The minimum atomic E-state index is -0.164. The summed E-state index contributed by atoms with van der Waals surface area (Å²) in [6.07, 6.45) is 1.79. The summed E-state index contributed by atoms with van der Waals surface area (Å²) in [7, 11) is 3.10. The van der Waals surface area contributed by atoms with Crippen molar-refractivity contribution in [2.24, 2.45) is 5.92 Å². The van der Waals surface area contributed by atoms with Crippen LogP contribution in [0.15, 0.2) is 24.3 Å². The van der Waals surface area contributed by atoms with Crippen LogP contribution in [0.2, 0.25) is 0 Å². The van der Waals surface area contributed by atoms with E-state index in [1.54, 1.807) is 7.11 Å². The lowest BCUT2D eigenvalue weighted by Gasteiger charge is -2.10. The predicted molar refractivity (Wildman–Crippen MR) is 68.6 cm³/mol. The van der Waals surface area contributed by atoms with Crippen LogP contribution < -0.4 is 10.1 Å². The molecule has 0 radical (unpaired) electrons. The fourth-order valence-electron chi connectivity index (χ4n) is 2.42. The smallest absolute Gasteiger partial charge is 0.322 e. The van der Waals surface area contributed by atoms with E-state index in [1.165, 1.54) is 12.7 Å². The molecule has 18 heavy (non-hydrogen) atoms. The number of hydrogen-bond donors (Lipinski definition) is 1. The summed E-state index contributed by atoms with van der Waals surface area (Å²) in [5.41, 5.74) is 1.24. The standard InChI is InChI=1S/C14H19NO3/c1-17-12-5-3-4-10(7-12)6-11-8-13(15-9-11)14(16)18-2/h3-5,7,11,13,15H,6,8-9H2,1-2H3. The predicted octanol–water partition coefficient (Wildman–Crippen LogP) is 1.39. The molecule has 0 aromatic heterocycles. The van der Waals surface area contributed by atoms with Crippen LogP contribution in [0.3, 0.4) is 0 Å². The molecule has 1 aromatic carbocycles. The second-order valence-corrected chi connectivity index (χ2v) is 4.64. The van der Waals surface area contributed by atoms with E-state index in [0.29, 0.717) is 5.92 Å². The van der Waals surface area contributed by atoms with Gasteiger partial charge in [-0.05, 0) is 43.0 Å². The summed E-state index contributed by atoms with van der Waals surface area (Å²) in [4.78, 5) is 11.4. The Bertz CT molecular complexity index is 419. The van der Waals surface area contributed by atoms with Crippen molar-refractivity contribution >= 4 is 5.97 Å². The third kappa shape index (κ3) is 3.01. The third-order valence-corrected chi connectivity index (χ3v) is 3.37. The highest BCUT2D eigenvalue weighted by Crippen LogP contribution is 2.22. The van der Waals surface area contributed by atoms with E-state index in [2.05, 4.69) is 11.4 Å². The highest BCUT2D eigenvalue weighted by atomic mass is 16.5. The first-order valence-corrected chi connectivity index (χ1v) is 6.17. The van der Waals surface area contributed by atoms with E-state index in [9.17, 15) is 4.79 Å². The topological polar surface area (TPSA) is 47.6 Å². The Labute approximate surface area is 107 Å². The first kappa shape index (κ1) is 12.9. The van der Waals surface area contributed by atoms with Gasteiger partial charge in [0.1, 0.15) is 11.8 Å². The van der Waals surface area contributed by atoms with Gasteiger partial charge in [-0.3, -0.25) is 4.79 Å². The second kappa shape index (κ2) is 5.87. The maximum atomic E-state index is 11.4. The molecule has 0 aliphatic carbocycles. The minimum Gasteiger partial charge on any atom is -0.497 e. The maximum Gasteiger partial charge on any atom is 0.322 e. The van der Waals surface area contributed by atoms with Gasteiger partial charge in [-0.25, -0.2) is 0 Å². The lowest BCUT2D eigenvalue weighted by molar-refractivity contribution is -0.142. The molecule has 1 aliphatic rings. The summed E-state index contributed by atoms with van der Waals surface area (Å²) in [6.45, 7) is 0.858. The average molecular weight is 249 g/mol. The van der Waals surface area contributed by atoms with Gasteiger partial charge >= 0.3 is 5.97 Å². The van der Waals surface area contributed by atoms with Crippen molar-refractivity contribution in [3.8, 4) is 5.75 Å². The van der Waals surface area contributed by atoms with E-state index < -0.39 is 0 Å². The van der Waals surface area contributed by atoms with Crippen molar-refractivity contribution in [1.29, 1.82) is 0 Å². The van der Waals surface area contributed by atoms with Crippen LogP contribution >= 0.6 is 0 Å². The maximum absolute atomic E-state index is 11.4. The molecule has 0 spiro atoms. The molecule has 2 rings (SSSR count). The number of carbonyl (C=O) groups excluding carboxylic acids is 1. The van der Waals surface area contributed by atoms with E-state index >= 15 is 0 Å². The molecule has 1 heterocycles. The molecule has 1 fully saturated rings. The number of nitrogens with one attached hydrogen (secondary N) is 1. The van der Waals surface area contributed by atoms with Gasteiger partial charge in [0.15, 0.2) is 0 Å². The largest absolute Gasteiger partial charge is 0.497 e. The summed E-state index contributed by atoms with van der Waals surface area (Å²) < 4.78 is 9.95. The van der Waals surface area contributed by atoms with Crippen molar-refractivity contribution < 1.29 is 14.3 Å². The molecule has 0 bridgehead atoms. The molecular weight excluding hydrogens is 230 g/mol.